The molecule has 2 heterocycles. The molecule has 0 aromatic carbocycles. The molecule has 0 saturated heterocycles. The van der Waals surface area contributed by atoms with Gasteiger partial charge in [0.1, 0.15) is 0 Å². The van der Waals surface area contributed by atoms with Crippen molar-refractivity contribution in [1.29, 1.82) is 0 Å². The number of fused-ring (bicyclic) bond motifs is 1. The third-order valence-corrected chi connectivity index (χ3v) is 6.65. The monoisotopic (exact) mass is 292 g/mol. The highest BCUT2D eigenvalue weighted by molar-refractivity contribution is 7.10. The van der Waals surface area contributed by atoms with Crippen LogP contribution in [0.15, 0.2) is 11.4 Å². The Morgan fingerprint density at radius 3 is 3.00 bits per heavy atom. The number of nitrogens with zero attached hydrogens (tertiary/aromatic N) is 1. The van der Waals surface area contributed by atoms with Crippen molar-refractivity contribution in [2.24, 2.45) is 11.3 Å². The Kier molecular flexibility index (Phi) is 3.95. The van der Waals surface area contributed by atoms with E-state index in [4.69, 9.17) is 0 Å². The Morgan fingerprint density at radius 1 is 1.45 bits per heavy atom. The maximum Gasteiger partial charge on any atom is 0.0331 e. The summed E-state index contributed by atoms with van der Waals surface area (Å²) in [5.74, 6) is 0.803. The van der Waals surface area contributed by atoms with Gasteiger partial charge in [0, 0.05) is 30.1 Å². The van der Waals surface area contributed by atoms with Crippen molar-refractivity contribution in [3.05, 3.63) is 21.9 Å². The van der Waals surface area contributed by atoms with Gasteiger partial charge in [0.15, 0.2) is 0 Å². The highest BCUT2D eigenvalue weighted by Gasteiger charge is 2.42. The summed E-state index contributed by atoms with van der Waals surface area (Å²) in [6.45, 7) is 9.72. The maximum absolute atomic E-state index is 3.60. The van der Waals surface area contributed by atoms with E-state index in [1.54, 1.807) is 10.4 Å². The van der Waals surface area contributed by atoms with Crippen LogP contribution in [0.1, 0.15) is 50.1 Å². The summed E-state index contributed by atoms with van der Waals surface area (Å²) < 4.78 is 0. The molecule has 1 aromatic heterocycles. The zero-order valence-electron chi connectivity index (χ0n) is 13.3. The second kappa shape index (κ2) is 5.43. The summed E-state index contributed by atoms with van der Waals surface area (Å²) in [4.78, 5) is 4.33. The summed E-state index contributed by atoms with van der Waals surface area (Å²) in [5.41, 5.74) is 2.03. The van der Waals surface area contributed by atoms with E-state index in [1.807, 2.05) is 11.3 Å². The maximum atomic E-state index is 3.60. The third-order valence-electron chi connectivity index (χ3n) is 5.66. The van der Waals surface area contributed by atoms with Gasteiger partial charge < -0.3 is 5.32 Å². The van der Waals surface area contributed by atoms with Gasteiger partial charge in [-0.1, -0.05) is 13.8 Å². The molecule has 0 spiro atoms. The van der Waals surface area contributed by atoms with Gasteiger partial charge >= 0.3 is 0 Å². The average Bonchev–Trinajstić information content (AvgIpc) is 2.98. The summed E-state index contributed by atoms with van der Waals surface area (Å²) >= 11 is 1.94. The highest BCUT2D eigenvalue weighted by Crippen LogP contribution is 2.43. The van der Waals surface area contributed by atoms with E-state index >= 15 is 0 Å². The highest BCUT2D eigenvalue weighted by atomic mass is 32.1. The topological polar surface area (TPSA) is 15.3 Å². The van der Waals surface area contributed by atoms with Crippen molar-refractivity contribution >= 4 is 11.3 Å². The largest absolute Gasteiger partial charge is 0.316 e. The molecule has 2 nitrogen and oxygen atoms in total. The van der Waals surface area contributed by atoms with Crippen LogP contribution in [0.5, 0.6) is 0 Å². The predicted molar refractivity (Wildman–Crippen MR) is 87.4 cm³/mol. The zero-order valence-corrected chi connectivity index (χ0v) is 14.1. The SMILES string of the molecule is CNC1C(CN2CCc3sccc3C2C)CCC1(C)C. The first-order chi connectivity index (χ1) is 9.53. The molecule has 1 saturated carbocycles. The van der Waals surface area contributed by atoms with Crippen molar-refractivity contribution in [1.82, 2.24) is 10.2 Å². The quantitative estimate of drug-likeness (QED) is 0.914. The van der Waals surface area contributed by atoms with E-state index < -0.39 is 0 Å². The fourth-order valence-electron chi connectivity index (χ4n) is 4.45. The van der Waals surface area contributed by atoms with Crippen LogP contribution in [0.3, 0.4) is 0 Å². The molecule has 3 unspecified atom stereocenters. The number of thiophene rings is 1. The van der Waals surface area contributed by atoms with Crippen LogP contribution >= 0.6 is 11.3 Å². The normalized spacial score (nSPS) is 33.3. The van der Waals surface area contributed by atoms with E-state index in [0.717, 1.165) is 5.92 Å². The van der Waals surface area contributed by atoms with Crippen molar-refractivity contribution in [2.75, 3.05) is 20.1 Å². The molecule has 3 rings (SSSR count). The van der Waals surface area contributed by atoms with Gasteiger partial charge in [-0.25, -0.2) is 0 Å². The molecule has 20 heavy (non-hydrogen) atoms. The molecule has 112 valence electrons. The summed E-state index contributed by atoms with van der Waals surface area (Å²) in [5, 5.41) is 5.86. The summed E-state index contributed by atoms with van der Waals surface area (Å²) in [7, 11) is 2.14. The molecule has 3 atom stereocenters. The van der Waals surface area contributed by atoms with Gasteiger partial charge in [-0.05, 0) is 61.6 Å². The van der Waals surface area contributed by atoms with E-state index in [-0.39, 0.29) is 0 Å². The van der Waals surface area contributed by atoms with Gasteiger partial charge in [0.2, 0.25) is 0 Å². The van der Waals surface area contributed by atoms with Gasteiger partial charge in [-0.3, -0.25) is 4.90 Å². The van der Waals surface area contributed by atoms with Crippen LogP contribution in [-0.4, -0.2) is 31.1 Å². The Hall–Kier alpha value is -0.380. The van der Waals surface area contributed by atoms with Crippen LogP contribution in [-0.2, 0) is 6.42 Å². The lowest BCUT2D eigenvalue weighted by molar-refractivity contribution is 0.146. The molecule has 1 aliphatic carbocycles. The Labute approximate surface area is 127 Å². The van der Waals surface area contributed by atoms with Crippen LogP contribution < -0.4 is 5.32 Å². The van der Waals surface area contributed by atoms with E-state index in [2.05, 4.69) is 49.5 Å². The van der Waals surface area contributed by atoms with Crippen LogP contribution in [0.25, 0.3) is 0 Å². The second-order valence-electron chi connectivity index (χ2n) is 7.27. The smallest absolute Gasteiger partial charge is 0.0331 e. The van der Waals surface area contributed by atoms with Crippen molar-refractivity contribution < 1.29 is 0 Å². The minimum Gasteiger partial charge on any atom is -0.316 e. The number of nitrogens with one attached hydrogen (secondary N) is 1. The predicted octanol–water partition coefficient (Wildman–Crippen LogP) is 3.69. The van der Waals surface area contributed by atoms with Gasteiger partial charge in [0.05, 0.1) is 0 Å². The first-order valence-electron chi connectivity index (χ1n) is 8.00. The summed E-state index contributed by atoms with van der Waals surface area (Å²) in [6.07, 6.45) is 3.98. The molecule has 1 fully saturated rings. The third kappa shape index (κ3) is 2.44. The lowest BCUT2D eigenvalue weighted by Gasteiger charge is -2.38. The van der Waals surface area contributed by atoms with Crippen molar-refractivity contribution in [2.45, 2.75) is 52.1 Å². The first-order valence-corrected chi connectivity index (χ1v) is 8.88. The molecule has 1 aromatic rings. The van der Waals surface area contributed by atoms with Crippen molar-refractivity contribution in [3.8, 4) is 0 Å². The minimum absolute atomic E-state index is 0.450. The molecule has 1 aliphatic heterocycles. The lowest BCUT2D eigenvalue weighted by atomic mass is 9.84. The van der Waals surface area contributed by atoms with Crippen LogP contribution in [0, 0.1) is 11.3 Å². The Bertz CT molecular complexity index is 465. The molecule has 0 bridgehead atoms. The van der Waals surface area contributed by atoms with E-state index in [0.29, 0.717) is 17.5 Å². The van der Waals surface area contributed by atoms with Gasteiger partial charge in [-0.2, -0.15) is 0 Å². The summed E-state index contributed by atoms with van der Waals surface area (Å²) in [6, 6.07) is 3.61. The second-order valence-corrected chi connectivity index (χ2v) is 8.27. The molecule has 0 radical (unpaired) electrons. The van der Waals surface area contributed by atoms with Crippen molar-refractivity contribution in [3.63, 3.8) is 0 Å². The Morgan fingerprint density at radius 2 is 2.25 bits per heavy atom. The van der Waals surface area contributed by atoms with Crippen LogP contribution in [0.4, 0.5) is 0 Å². The minimum atomic E-state index is 0.450. The van der Waals surface area contributed by atoms with E-state index in [9.17, 15) is 0 Å². The fourth-order valence-corrected chi connectivity index (χ4v) is 5.42. The van der Waals surface area contributed by atoms with Gasteiger partial charge in [0.25, 0.3) is 0 Å². The number of hydrogen-bond acceptors (Lipinski definition) is 3. The molecular formula is C17H28N2S. The van der Waals surface area contributed by atoms with Crippen LogP contribution in [0.2, 0.25) is 0 Å². The zero-order chi connectivity index (χ0) is 14.3. The van der Waals surface area contributed by atoms with Gasteiger partial charge in [-0.15, -0.1) is 11.3 Å². The molecule has 3 heteroatoms. The number of hydrogen-bond donors (Lipinski definition) is 1. The van der Waals surface area contributed by atoms with E-state index in [1.165, 1.54) is 32.4 Å². The fraction of sp³-hybridized carbons (Fsp3) is 0.765. The molecule has 1 N–H and O–H groups in total. The molecular weight excluding hydrogens is 264 g/mol. The lowest BCUT2D eigenvalue weighted by Crippen LogP contribution is -2.45. The molecule has 0 amide bonds. The number of rotatable bonds is 3. The Balaban J connectivity index is 1.70. The average molecular weight is 292 g/mol. The first kappa shape index (κ1) is 14.6. The standard InChI is InChI=1S/C17H28N2S/c1-12-14-7-10-20-15(14)6-9-19(12)11-13-5-8-17(2,3)16(13)18-4/h7,10,12-13,16,18H,5-6,8-9,11H2,1-4H3. The molecule has 2 aliphatic rings.